The molecule has 0 aromatic heterocycles. The summed E-state index contributed by atoms with van der Waals surface area (Å²) in [6.45, 7) is 0. The Labute approximate surface area is 152 Å². The number of benzene rings is 3. The van der Waals surface area contributed by atoms with Crippen molar-refractivity contribution in [2.45, 2.75) is 0 Å². The van der Waals surface area contributed by atoms with E-state index in [1.807, 2.05) is 48.5 Å². The predicted octanol–water partition coefficient (Wildman–Crippen LogP) is 5.08. The van der Waals surface area contributed by atoms with Crippen LogP contribution in [0.2, 0.25) is 0 Å². The van der Waals surface area contributed by atoms with Crippen molar-refractivity contribution in [1.29, 1.82) is 0 Å². The molecule has 1 heterocycles. The standard InChI is InChI=1S/C18H12BBr2NO/c20-12-9-10-16(21)14(11-12)13-5-1-2-6-15(13)19-22-17-7-3-4-8-18(17)23-19/h1-11,22H. The van der Waals surface area contributed by atoms with E-state index in [-0.39, 0.29) is 7.05 Å². The topological polar surface area (TPSA) is 21.3 Å². The van der Waals surface area contributed by atoms with Gasteiger partial charge in [-0.2, -0.15) is 0 Å². The van der Waals surface area contributed by atoms with Crippen molar-refractivity contribution in [3.8, 4) is 16.9 Å². The molecule has 0 radical (unpaired) electrons. The normalized spacial score (nSPS) is 12.5. The van der Waals surface area contributed by atoms with Crippen LogP contribution in [0.4, 0.5) is 5.69 Å². The number of rotatable bonds is 2. The molecule has 23 heavy (non-hydrogen) atoms. The molecule has 0 aliphatic carbocycles. The summed E-state index contributed by atoms with van der Waals surface area (Å²) in [6.07, 6.45) is 0. The van der Waals surface area contributed by atoms with Gasteiger partial charge in [-0.15, -0.1) is 0 Å². The van der Waals surface area contributed by atoms with Crippen LogP contribution in [0.1, 0.15) is 0 Å². The minimum atomic E-state index is -0.186. The molecule has 0 atom stereocenters. The van der Waals surface area contributed by atoms with Gasteiger partial charge in [-0.05, 0) is 46.9 Å². The maximum absolute atomic E-state index is 6.09. The highest BCUT2D eigenvalue weighted by Gasteiger charge is 2.32. The average Bonchev–Trinajstić information content (AvgIpc) is 3.01. The lowest BCUT2D eigenvalue weighted by Gasteiger charge is -2.14. The maximum Gasteiger partial charge on any atom is 0.517 e. The van der Waals surface area contributed by atoms with Crippen LogP contribution in [0.15, 0.2) is 75.7 Å². The van der Waals surface area contributed by atoms with E-state index in [4.69, 9.17) is 4.65 Å². The van der Waals surface area contributed by atoms with Crippen molar-refractivity contribution in [3.05, 3.63) is 75.7 Å². The molecule has 0 unspecified atom stereocenters. The molecule has 0 amide bonds. The van der Waals surface area contributed by atoms with Crippen molar-refractivity contribution in [2.24, 2.45) is 0 Å². The SMILES string of the molecule is Brc1ccc(Br)c(-c2ccccc2B2Nc3ccccc3O2)c1. The van der Waals surface area contributed by atoms with Crippen LogP contribution >= 0.6 is 31.9 Å². The molecular weight excluding hydrogens is 417 g/mol. The Balaban J connectivity index is 1.79. The second kappa shape index (κ2) is 6.06. The van der Waals surface area contributed by atoms with E-state index >= 15 is 0 Å². The van der Waals surface area contributed by atoms with Gasteiger partial charge in [-0.3, -0.25) is 0 Å². The molecule has 3 aromatic carbocycles. The first-order valence-corrected chi connectivity index (χ1v) is 8.87. The summed E-state index contributed by atoms with van der Waals surface area (Å²) in [5.74, 6) is 0.889. The predicted molar refractivity (Wildman–Crippen MR) is 103 cm³/mol. The zero-order valence-electron chi connectivity index (χ0n) is 12.1. The minimum Gasteiger partial charge on any atom is -0.536 e. The molecule has 3 aromatic rings. The Morgan fingerprint density at radius 3 is 2.48 bits per heavy atom. The molecule has 0 saturated carbocycles. The number of para-hydroxylation sites is 2. The molecule has 0 spiro atoms. The lowest BCUT2D eigenvalue weighted by molar-refractivity contribution is 0.606. The van der Waals surface area contributed by atoms with Gasteiger partial charge in [-0.1, -0.05) is 68.3 Å². The van der Waals surface area contributed by atoms with Crippen LogP contribution in [0, 0.1) is 0 Å². The number of anilines is 1. The third-order valence-corrected chi connectivity index (χ3v) is 5.07. The highest BCUT2D eigenvalue weighted by molar-refractivity contribution is 9.11. The minimum absolute atomic E-state index is 0.186. The maximum atomic E-state index is 6.09. The van der Waals surface area contributed by atoms with Gasteiger partial charge in [0.1, 0.15) is 5.75 Å². The molecular formula is C18H12BBr2NO. The summed E-state index contributed by atoms with van der Waals surface area (Å²) >= 11 is 7.21. The van der Waals surface area contributed by atoms with Gasteiger partial charge in [0.25, 0.3) is 0 Å². The van der Waals surface area contributed by atoms with Crippen molar-refractivity contribution in [3.63, 3.8) is 0 Å². The first-order chi connectivity index (χ1) is 11.2. The van der Waals surface area contributed by atoms with Crippen molar-refractivity contribution < 1.29 is 4.65 Å². The van der Waals surface area contributed by atoms with Crippen LogP contribution in [0.25, 0.3) is 11.1 Å². The fourth-order valence-corrected chi connectivity index (χ4v) is 3.62. The van der Waals surface area contributed by atoms with E-state index in [1.165, 1.54) is 0 Å². The molecule has 2 nitrogen and oxygen atoms in total. The summed E-state index contributed by atoms with van der Waals surface area (Å²) < 4.78 is 8.20. The second-order valence-electron chi connectivity index (χ2n) is 5.35. The Morgan fingerprint density at radius 2 is 1.61 bits per heavy atom. The molecule has 5 heteroatoms. The summed E-state index contributed by atoms with van der Waals surface area (Å²) in [4.78, 5) is 0. The van der Waals surface area contributed by atoms with Crippen molar-refractivity contribution in [1.82, 2.24) is 0 Å². The van der Waals surface area contributed by atoms with Gasteiger partial charge in [-0.25, -0.2) is 0 Å². The van der Waals surface area contributed by atoms with Gasteiger partial charge in [0.2, 0.25) is 0 Å². The Morgan fingerprint density at radius 1 is 0.826 bits per heavy atom. The molecule has 112 valence electrons. The van der Waals surface area contributed by atoms with E-state index in [2.05, 4.69) is 55.3 Å². The van der Waals surface area contributed by atoms with E-state index in [0.717, 1.165) is 37.0 Å². The van der Waals surface area contributed by atoms with Crippen molar-refractivity contribution in [2.75, 3.05) is 5.23 Å². The fraction of sp³-hybridized carbons (Fsp3) is 0. The number of nitrogens with one attached hydrogen (secondary N) is 1. The van der Waals surface area contributed by atoms with Crippen LogP contribution in [0.5, 0.6) is 5.75 Å². The van der Waals surface area contributed by atoms with E-state index in [0.29, 0.717) is 0 Å². The first kappa shape index (κ1) is 14.9. The third-order valence-electron chi connectivity index (χ3n) is 3.88. The Kier molecular flexibility index (Phi) is 3.91. The molecule has 0 fully saturated rings. The van der Waals surface area contributed by atoms with Gasteiger partial charge < -0.3 is 9.88 Å². The number of hydrogen-bond acceptors (Lipinski definition) is 2. The number of hydrogen-bond donors (Lipinski definition) is 1. The van der Waals surface area contributed by atoms with E-state index in [9.17, 15) is 0 Å². The Hall–Kier alpha value is -1.72. The van der Waals surface area contributed by atoms with Crippen LogP contribution in [-0.2, 0) is 0 Å². The summed E-state index contributed by atoms with van der Waals surface area (Å²) in [7, 11) is -0.186. The fourth-order valence-electron chi connectivity index (χ4n) is 2.80. The average molecular weight is 429 g/mol. The molecule has 0 saturated heterocycles. The van der Waals surface area contributed by atoms with E-state index in [1.54, 1.807) is 0 Å². The highest BCUT2D eigenvalue weighted by Crippen LogP contribution is 2.33. The van der Waals surface area contributed by atoms with Crippen molar-refractivity contribution >= 4 is 50.1 Å². The Bertz CT molecular complexity index is 859. The van der Waals surface area contributed by atoms with Crippen LogP contribution in [0.3, 0.4) is 0 Å². The zero-order chi connectivity index (χ0) is 15.8. The van der Waals surface area contributed by atoms with Crippen LogP contribution < -0.4 is 15.3 Å². The monoisotopic (exact) mass is 427 g/mol. The summed E-state index contributed by atoms with van der Waals surface area (Å²) in [5, 5.41) is 3.45. The second-order valence-corrected chi connectivity index (χ2v) is 7.12. The molecule has 1 N–H and O–H groups in total. The lowest BCUT2D eigenvalue weighted by atomic mass is 9.70. The molecule has 4 rings (SSSR count). The quantitative estimate of drug-likeness (QED) is 0.575. The number of fused-ring (bicyclic) bond motifs is 1. The number of halogens is 2. The zero-order valence-corrected chi connectivity index (χ0v) is 15.3. The van der Waals surface area contributed by atoms with Gasteiger partial charge >= 0.3 is 7.05 Å². The van der Waals surface area contributed by atoms with Gasteiger partial charge in [0.05, 0.1) is 5.69 Å². The lowest BCUT2D eigenvalue weighted by Crippen LogP contribution is -2.41. The first-order valence-electron chi connectivity index (χ1n) is 7.29. The summed E-state index contributed by atoms with van der Waals surface area (Å²) in [6, 6.07) is 22.5. The van der Waals surface area contributed by atoms with Crippen LogP contribution in [-0.4, -0.2) is 7.05 Å². The molecule has 1 aliphatic heterocycles. The van der Waals surface area contributed by atoms with Gasteiger partial charge in [0.15, 0.2) is 0 Å². The molecule has 1 aliphatic rings. The highest BCUT2D eigenvalue weighted by atomic mass is 79.9. The van der Waals surface area contributed by atoms with Gasteiger partial charge in [0, 0.05) is 8.95 Å². The van der Waals surface area contributed by atoms with E-state index < -0.39 is 0 Å². The largest absolute Gasteiger partial charge is 0.536 e. The third kappa shape index (κ3) is 2.79. The molecule has 0 bridgehead atoms. The summed E-state index contributed by atoms with van der Waals surface area (Å²) in [5.41, 5.74) is 4.42. The smallest absolute Gasteiger partial charge is 0.517 e.